The lowest BCUT2D eigenvalue weighted by Gasteiger charge is -2.14. The molecule has 16 heavy (non-hydrogen) atoms. The molecule has 96 valence electrons. The molecule has 0 aliphatic carbocycles. The lowest BCUT2D eigenvalue weighted by atomic mass is 10.1. The molecule has 4 heteroatoms. The zero-order chi connectivity index (χ0) is 11.8. The maximum atomic E-state index is 9.53. The number of nitrogens with one attached hydrogen (secondary N) is 1. The molecule has 0 aromatic rings. The van der Waals surface area contributed by atoms with E-state index in [1.54, 1.807) is 0 Å². The van der Waals surface area contributed by atoms with Crippen molar-refractivity contribution in [3.63, 3.8) is 0 Å². The number of ether oxygens (including phenoxy) is 2. The second-order valence-electron chi connectivity index (χ2n) is 4.76. The molecule has 2 N–H and O–H groups in total. The minimum absolute atomic E-state index is 0.166. The Morgan fingerprint density at radius 3 is 2.81 bits per heavy atom. The van der Waals surface area contributed by atoms with Gasteiger partial charge in [0.25, 0.3) is 0 Å². The van der Waals surface area contributed by atoms with E-state index >= 15 is 0 Å². The van der Waals surface area contributed by atoms with Crippen LogP contribution in [-0.4, -0.2) is 50.2 Å². The molecule has 1 aliphatic rings. The zero-order valence-electron chi connectivity index (χ0n) is 10.4. The third kappa shape index (κ3) is 6.43. The molecule has 1 heterocycles. The molecule has 0 bridgehead atoms. The Morgan fingerprint density at radius 1 is 1.38 bits per heavy atom. The summed E-state index contributed by atoms with van der Waals surface area (Å²) in [4.78, 5) is 0. The summed E-state index contributed by atoms with van der Waals surface area (Å²) in [6.45, 7) is 7.65. The lowest BCUT2D eigenvalue weighted by Crippen LogP contribution is -2.24. The van der Waals surface area contributed by atoms with Gasteiger partial charge in [0.2, 0.25) is 0 Å². The predicted octanol–water partition coefficient (Wildman–Crippen LogP) is 0.788. The van der Waals surface area contributed by atoms with E-state index in [1.165, 1.54) is 6.42 Å². The first-order chi connectivity index (χ1) is 7.68. The van der Waals surface area contributed by atoms with E-state index in [4.69, 9.17) is 9.47 Å². The van der Waals surface area contributed by atoms with Crippen molar-refractivity contribution in [1.29, 1.82) is 0 Å². The zero-order valence-corrected chi connectivity index (χ0v) is 10.4. The van der Waals surface area contributed by atoms with Gasteiger partial charge in [-0.15, -0.1) is 0 Å². The van der Waals surface area contributed by atoms with Crippen LogP contribution in [0.15, 0.2) is 0 Å². The first-order valence-corrected chi connectivity index (χ1v) is 6.26. The largest absolute Gasteiger partial charge is 0.388 e. The molecule has 0 aromatic heterocycles. The highest BCUT2D eigenvalue weighted by molar-refractivity contribution is 4.70. The third-order valence-corrected chi connectivity index (χ3v) is 2.76. The molecule has 2 atom stereocenters. The standard InChI is InChI=1S/C12H25NO3/c1-10(2)16-9-12(14)8-15-6-4-11-3-5-13-7-11/h10-14H,3-9H2,1-2H3. The van der Waals surface area contributed by atoms with Crippen LogP contribution in [0.4, 0.5) is 0 Å². The molecule has 0 amide bonds. The predicted molar refractivity (Wildman–Crippen MR) is 63.5 cm³/mol. The van der Waals surface area contributed by atoms with E-state index in [2.05, 4.69) is 5.32 Å². The maximum absolute atomic E-state index is 9.53. The van der Waals surface area contributed by atoms with Crippen LogP contribution in [0.2, 0.25) is 0 Å². The summed E-state index contributed by atoms with van der Waals surface area (Å²) in [5.41, 5.74) is 0. The molecule has 1 rings (SSSR count). The highest BCUT2D eigenvalue weighted by Crippen LogP contribution is 2.11. The van der Waals surface area contributed by atoms with Gasteiger partial charge in [0.15, 0.2) is 0 Å². The van der Waals surface area contributed by atoms with Gasteiger partial charge >= 0.3 is 0 Å². The van der Waals surface area contributed by atoms with Crippen LogP contribution in [0, 0.1) is 5.92 Å². The van der Waals surface area contributed by atoms with Crippen LogP contribution >= 0.6 is 0 Å². The van der Waals surface area contributed by atoms with Crippen LogP contribution in [-0.2, 0) is 9.47 Å². The van der Waals surface area contributed by atoms with Gasteiger partial charge in [0, 0.05) is 6.61 Å². The second kappa shape index (κ2) is 8.01. The van der Waals surface area contributed by atoms with Crippen molar-refractivity contribution in [1.82, 2.24) is 5.32 Å². The van der Waals surface area contributed by atoms with E-state index in [9.17, 15) is 5.11 Å². The van der Waals surface area contributed by atoms with Gasteiger partial charge < -0.3 is 19.9 Å². The van der Waals surface area contributed by atoms with Crippen LogP contribution < -0.4 is 5.32 Å². The van der Waals surface area contributed by atoms with Gasteiger partial charge in [-0.3, -0.25) is 0 Å². The van der Waals surface area contributed by atoms with Crippen LogP contribution in [0.3, 0.4) is 0 Å². The van der Waals surface area contributed by atoms with Gasteiger partial charge in [-0.25, -0.2) is 0 Å². The van der Waals surface area contributed by atoms with Crippen LogP contribution in [0.1, 0.15) is 26.7 Å². The average molecular weight is 231 g/mol. The molecule has 0 saturated carbocycles. The summed E-state index contributed by atoms with van der Waals surface area (Å²) in [6.07, 6.45) is 2.01. The maximum Gasteiger partial charge on any atom is 0.101 e. The minimum Gasteiger partial charge on any atom is -0.388 e. The molecule has 4 nitrogen and oxygen atoms in total. The van der Waals surface area contributed by atoms with E-state index in [1.807, 2.05) is 13.8 Å². The van der Waals surface area contributed by atoms with Crippen molar-refractivity contribution in [2.24, 2.45) is 5.92 Å². The summed E-state index contributed by atoms with van der Waals surface area (Å²) in [5, 5.41) is 12.9. The smallest absolute Gasteiger partial charge is 0.101 e. The minimum atomic E-state index is -0.496. The Balaban J connectivity index is 1.89. The fourth-order valence-corrected chi connectivity index (χ4v) is 1.78. The molecule has 1 saturated heterocycles. The number of aliphatic hydroxyl groups excluding tert-OH is 1. The molecule has 1 aliphatic heterocycles. The van der Waals surface area contributed by atoms with Gasteiger partial charge in [-0.2, -0.15) is 0 Å². The number of hydrogen-bond acceptors (Lipinski definition) is 4. The van der Waals surface area contributed by atoms with E-state index < -0.39 is 6.10 Å². The Morgan fingerprint density at radius 2 is 2.19 bits per heavy atom. The Bertz CT molecular complexity index is 170. The summed E-state index contributed by atoms with van der Waals surface area (Å²) in [7, 11) is 0. The van der Waals surface area contributed by atoms with Crippen molar-refractivity contribution in [2.75, 3.05) is 32.9 Å². The van der Waals surface area contributed by atoms with Gasteiger partial charge in [0.05, 0.1) is 19.3 Å². The van der Waals surface area contributed by atoms with E-state index in [0.717, 1.165) is 32.0 Å². The van der Waals surface area contributed by atoms with Crippen molar-refractivity contribution in [3.05, 3.63) is 0 Å². The molecule has 0 radical (unpaired) electrons. The molecule has 1 fully saturated rings. The first kappa shape index (κ1) is 13.9. The van der Waals surface area contributed by atoms with Crippen LogP contribution in [0.25, 0.3) is 0 Å². The van der Waals surface area contributed by atoms with Gasteiger partial charge in [-0.05, 0) is 45.7 Å². The van der Waals surface area contributed by atoms with Gasteiger partial charge in [-0.1, -0.05) is 0 Å². The monoisotopic (exact) mass is 231 g/mol. The normalized spacial score (nSPS) is 22.9. The summed E-state index contributed by atoms with van der Waals surface area (Å²) in [5.74, 6) is 0.754. The number of aliphatic hydroxyl groups is 1. The van der Waals surface area contributed by atoms with Crippen molar-refractivity contribution in [3.8, 4) is 0 Å². The average Bonchev–Trinajstić information content (AvgIpc) is 2.74. The van der Waals surface area contributed by atoms with Crippen LogP contribution in [0.5, 0.6) is 0 Å². The summed E-state index contributed by atoms with van der Waals surface area (Å²) in [6, 6.07) is 0. The fourth-order valence-electron chi connectivity index (χ4n) is 1.78. The van der Waals surface area contributed by atoms with E-state index in [-0.39, 0.29) is 6.10 Å². The molecular formula is C12H25NO3. The molecule has 2 unspecified atom stereocenters. The highest BCUT2D eigenvalue weighted by Gasteiger charge is 2.14. The molecular weight excluding hydrogens is 206 g/mol. The quantitative estimate of drug-likeness (QED) is 0.606. The summed E-state index contributed by atoms with van der Waals surface area (Å²) >= 11 is 0. The SMILES string of the molecule is CC(C)OCC(O)COCCC1CCNC1. The summed E-state index contributed by atoms with van der Waals surface area (Å²) < 4.78 is 10.7. The highest BCUT2D eigenvalue weighted by atomic mass is 16.5. The Kier molecular flexibility index (Phi) is 6.96. The lowest BCUT2D eigenvalue weighted by molar-refractivity contribution is -0.0368. The number of rotatable bonds is 8. The first-order valence-electron chi connectivity index (χ1n) is 6.26. The Hall–Kier alpha value is -0.160. The Labute approximate surface area is 98.3 Å². The molecule has 0 aromatic carbocycles. The fraction of sp³-hybridized carbons (Fsp3) is 1.00. The topological polar surface area (TPSA) is 50.7 Å². The van der Waals surface area contributed by atoms with Gasteiger partial charge in [0.1, 0.15) is 6.10 Å². The third-order valence-electron chi connectivity index (χ3n) is 2.76. The number of hydrogen-bond donors (Lipinski definition) is 2. The second-order valence-corrected chi connectivity index (χ2v) is 4.76. The van der Waals surface area contributed by atoms with Crippen molar-refractivity contribution < 1.29 is 14.6 Å². The van der Waals surface area contributed by atoms with E-state index in [0.29, 0.717) is 13.2 Å². The molecule has 0 spiro atoms. The van der Waals surface area contributed by atoms with Crippen molar-refractivity contribution in [2.45, 2.75) is 38.9 Å². The van der Waals surface area contributed by atoms with Crippen molar-refractivity contribution >= 4 is 0 Å².